The quantitative estimate of drug-likeness (QED) is 0.284. The van der Waals surface area contributed by atoms with Gasteiger partial charge < -0.3 is 4.42 Å². The van der Waals surface area contributed by atoms with E-state index in [4.69, 9.17) is 4.42 Å². The number of hydrogen-bond donors (Lipinski definition) is 0. The highest BCUT2D eigenvalue weighted by molar-refractivity contribution is 6.13. The van der Waals surface area contributed by atoms with Crippen LogP contribution in [0.15, 0.2) is 77.3 Å². The number of hydrogen-bond acceptors (Lipinski definition) is 2. The van der Waals surface area contributed by atoms with E-state index in [-0.39, 0.29) is 0 Å². The molecule has 0 N–H and O–H groups in total. The molecule has 162 valence electrons. The lowest BCUT2D eigenvalue weighted by molar-refractivity contribution is -0.660. The maximum Gasteiger partial charge on any atom is 0.216 e. The number of furan rings is 1. The molecule has 0 unspecified atom stereocenters. The molecule has 5 rings (SSSR count). The van der Waals surface area contributed by atoms with E-state index in [2.05, 4.69) is 73.9 Å². The highest BCUT2D eigenvalue weighted by atomic mass is 16.3. The van der Waals surface area contributed by atoms with Gasteiger partial charge in [-0.3, -0.25) is 0 Å². The molecule has 0 radical (unpaired) electrons. The zero-order chi connectivity index (χ0) is 23.1. The van der Waals surface area contributed by atoms with Gasteiger partial charge in [-0.25, -0.2) is 4.57 Å². The predicted octanol–water partition coefficient (Wildman–Crippen LogP) is 7.12. The van der Waals surface area contributed by atoms with Gasteiger partial charge in [0.25, 0.3) is 0 Å². The molecule has 0 spiro atoms. The second kappa shape index (κ2) is 8.22. The number of rotatable bonds is 4. The fourth-order valence-corrected chi connectivity index (χ4v) is 4.71. The summed E-state index contributed by atoms with van der Waals surface area (Å²) in [7, 11) is 2.05. The third-order valence-electron chi connectivity index (χ3n) is 6.30. The van der Waals surface area contributed by atoms with Crippen LogP contribution in [0, 0.1) is 24.2 Å². The molecule has 0 saturated heterocycles. The van der Waals surface area contributed by atoms with E-state index in [1.807, 2.05) is 37.5 Å². The summed E-state index contributed by atoms with van der Waals surface area (Å²) in [5.41, 5.74) is 9.00. The van der Waals surface area contributed by atoms with Gasteiger partial charge in [0, 0.05) is 28.5 Å². The van der Waals surface area contributed by atoms with Gasteiger partial charge in [0.05, 0.1) is 17.2 Å². The van der Waals surface area contributed by atoms with Crippen LogP contribution in [-0.2, 0) is 13.5 Å². The molecular weight excluding hydrogens is 404 g/mol. The standard InChI is InChI=1S/C30H27N2O/c1-19(2)15-21-9-11-23(12-10-21)25-16-22(18-31)17-26-24-13-8-20(3)28(30(24)33-29(25)26)27-7-5-6-14-32(27)4/h5-14,16-17,19H,15H2,1-4H3/q+1. The number of pyridine rings is 1. The van der Waals surface area contributed by atoms with E-state index in [0.29, 0.717) is 11.5 Å². The van der Waals surface area contributed by atoms with Crippen molar-refractivity contribution in [3.05, 3.63) is 89.6 Å². The summed E-state index contributed by atoms with van der Waals surface area (Å²) in [6.45, 7) is 6.58. The Bertz CT molecular complexity index is 1530. The van der Waals surface area contributed by atoms with Gasteiger partial charge in [0.1, 0.15) is 18.2 Å². The van der Waals surface area contributed by atoms with E-state index >= 15 is 0 Å². The number of nitrogens with zero attached hydrogens (tertiary/aromatic N) is 2. The molecule has 2 aromatic heterocycles. The van der Waals surface area contributed by atoms with Gasteiger partial charge in [-0.2, -0.15) is 5.26 Å². The first-order valence-corrected chi connectivity index (χ1v) is 11.4. The highest BCUT2D eigenvalue weighted by Gasteiger charge is 2.22. The Morgan fingerprint density at radius 2 is 1.73 bits per heavy atom. The van der Waals surface area contributed by atoms with Gasteiger partial charge in [0.15, 0.2) is 6.20 Å². The minimum absolute atomic E-state index is 0.612. The molecule has 33 heavy (non-hydrogen) atoms. The molecule has 3 nitrogen and oxygen atoms in total. The zero-order valence-electron chi connectivity index (χ0n) is 19.5. The summed E-state index contributed by atoms with van der Waals surface area (Å²) in [4.78, 5) is 0. The molecule has 2 heterocycles. The molecule has 0 amide bonds. The van der Waals surface area contributed by atoms with Gasteiger partial charge in [0.2, 0.25) is 5.69 Å². The van der Waals surface area contributed by atoms with Crippen molar-refractivity contribution in [2.45, 2.75) is 27.2 Å². The summed E-state index contributed by atoms with van der Waals surface area (Å²) in [6.07, 6.45) is 3.10. The topological polar surface area (TPSA) is 40.8 Å². The highest BCUT2D eigenvalue weighted by Crippen LogP contribution is 2.41. The van der Waals surface area contributed by atoms with Crippen LogP contribution in [0.2, 0.25) is 0 Å². The third-order valence-corrected chi connectivity index (χ3v) is 6.30. The van der Waals surface area contributed by atoms with Crippen LogP contribution in [0.1, 0.15) is 30.5 Å². The fraction of sp³-hybridized carbons (Fsp3) is 0.200. The van der Waals surface area contributed by atoms with Crippen LogP contribution in [0.5, 0.6) is 0 Å². The molecule has 5 aromatic rings. The second-order valence-corrected chi connectivity index (χ2v) is 9.24. The molecule has 3 aromatic carbocycles. The van der Waals surface area contributed by atoms with E-state index in [1.165, 1.54) is 5.56 Å². The summed E-state index contributed by atoms with van der Waals surface area (Å²) in [5, 5.41) is 11.8. The van der Waals surface area contributed by atoms with E-state index in [1.54, 1.807) is 0 Å². The second-order valence-electron chi connectivity index (χ2n) is 9.24. The molecule has 0 bridgehead atoms. The molecule has 0 aliphatic carbocycles. The molecule has 0 fully saturated rings. The van der Waals surface area contributed by atoms with Crippen LogP contribution in [0.3, 0.4) is 0 Å². The van der Waals surface area contributed by atoms with Crippen LogP contribution in [-0.4, -0.2) is 0 Å². The lowest BCUT2D eigenvalue weighted by atomic mass is 9.96. The van der Waals surface area contributed by atoms with Crippen LogP contribution in [0.25, 0.3) is 44.3 Å². The van der Waals surface area contributed by atoms with Crippen molar-refractivity contribution in [2.75, 3.05) is 0 Å². The normalized spacial score (nSPS) is 11.4. The van der Waals surface area contributed by atoms with Gasteiger partial charge in [-0.1, -0.05) is 50.2 Å². The Morgan fingerprint density at radius 3 is 2.42 bits per heavy atom. The van der Waals surface area contributed by atoms with Crippen LogP contribution >= 0.6 is 0 Å². The first-order chi connectivity index (χ1) is 16.0. The van der Waals surface area contributed by atoms with Gasteiger partial charge >= 0.3 is 0 Å². The number of benzene rings is 3. The lowest BCUT2D eigenvalue weighted by Gasteiger charge is -2.08. The van der Waals surface area contributed by atoms with Crippen molar-refractivity contribution < 1.29 is 8.98 Å². The van der Waals surface area contributed by atoms with E-state index < -0.39 is 0 Å². The number of aromatic nitrogens is 1. The minimum atomic E-state index is 0.612. The lowest BCUT2D eigenvalue weighted by Crippen LogP contribution is -2.30. The van der Waals surface area contributed by atoms with Crippen molar-refractivity contribution in [1.29, 1.82) is 5.26 Å². The van der Waals surface area contributed by atoms with Gasteiger partial charge in [-0.05, 0) is 54.2 Å². The zero-order valence-corrected chi connectivity index (χ0v) is 19.5. The van der Waals surface area contributed by atoms with Crippen LogP contribution in [0.4, 0.5) is 0 Å². The average Bonchev–Trinajstić information content (AvgIpc) is 3.18. The Morgan fingerprint density at radius 1 is 0.939 bits per heavy atom. The number of nitriles is 1. The molecule has 0 saturated carbocycles. The van der Waals surface area contributed by atoms with E-state index in [0.717, 1.165) is 56.3 Å². The molecule has 0 aliphatic heterocycles. The number of aryl methyl sites for hydroxylation is 2. The SMILES string of the molecule is Cc1ccc2c(oc3c(-c4ccc(CC(C)C)cc4)cc(C#N)cc32)c1-c1cccc[n+]1C. The summed E-state index contributed by atoms with van der Waals surface area (Å²) >= 11 is 0. The first-order valence-electron chi connectivity index (χ1n) is 11.4. The Hall–Kier alpha value is -3.90. The van der Waals surface area contributed by atoms with Crippen molar-refractivity contribution in [3.63, 3.8) is 0 Å². The maximum atomic E-state index is 9.75. The van der Waals surface area contributed by atoms with E-state index in [9.17, 15) is 5.26 Å². The molecule has 0 aliphatic rings. The molecular formula is C30H27N2O+. The molecule has 3 heteroatoms. The average molecular weight is 432 g/mol. The summed E-state index contributed by atoms with van der Waals surface area (Å²) in [6, 6.07) is 25.3. The Kier molecular flexibility index (Phi) is 5.23. The van der Waals surface area contributed by atoms with Crippen molar-refractivity contribution in [1.82, 2.24) is 0 Å². The molecule has 0 atom stereocenters. The largest absolute Gasteiger partial charge is 0.454 e. The van der Waals surface area contributed by atoms with Crippen molar-refractivity contribution in [3.8, 4) is 28.5 Å². The predicted molar refractivity (Wildman–Crippen MR) is 134 cm³/mol. The van der Waals surface area contributed by atoms with Crippen LogP contribution < -0.4 is 4.57 Å². The Labute approximate surface area is 194 Å². The minimum Gasteiger partial charge on any atom is -0.454 e. The fourth-order valence-electron chi connectivity index (χ4n) is 4.71. The smallest absolute Gasteiger partial charge is 0.216 e. The summed E-state index contributed by atoms with van der Waals surface area (Å²) < 4.78 is 8.75. The van der Waals surface area contributed by atoms with Crippen molar-refractivity contribution in [2.24, 2.45) is 13.0 Å². The maximum absolute atomic E-state index is 9.75. The first kappa shape index (κ1) is 21.0. The Balaban J connectivity index is 1.79. The van der Waals surface area contributed by atoms with Gasteiger partial charge in [-0.15, -0.1) is 0 Å². The third kappa shape index (κ3) is 3.68. The monoisotopic (exact) mass is 431 g/mol. The number of fused-ring (bicyclic) bond motifs is 3. The van der Waals surface area contributed by atoms with Crippen molar-refractivity contribution >= 4 is 21.9 Å². The summed E-state index contributed by atoms with van der Waals surface area (Å²) in [5.74, 6) is 0.612.